The van der Waals surface area contributed by atoms with E-state index in [1.54, 1.807) is 55.6 Å². The average Bonchev–Trinajstić information content (AvgIpc) is 3.11. The van der Waals surface area contributed by atoms with Crippen LogP contribution >= 0.6 is 34.8 Å². The van der Waals surface area contributed by atoms with Crippen molar-refractivity contribution in [3.63, 3.8) is 0 Å². The molecule has 0 spiro atoms. The summed E-state index contributed by atoms with van der Waals surface area (Å²) < 4.78 is 5.16. The Morgan fingerprint density at radius 2 is 1.72 bits per heavy atom. The molecule has 4 rings (SSSR count). The molecule has 1 aromatic heterocycles. The first-order valence-electron chi connectivity index (χ1n) is 8.42. The Kier molecular flexibility index (Phi) is 5.32. The van der Waals surface area contributed by atoms with E-state index >= 15 is 0 Å². The molecule has 0 radical (unpaired) electrons. The van der Waals surface area contributed by atoms with Crippen molar-refractivity contribution in [2.75, 3.05) is 12.4 Å². The zero-order chi connectivity index (χ0) is 20.5. The molecular weight excluding hydrogens is 435 g/mol. The van der Waals surface area contributed by atoms with Gasteiger partial charge < -0.3 is 10.1 Å². The van der Waals surface area contributed by atoms with Gasteiger partial charge >= 0.3 is 0 Å². The van der Waals surface area contributed by atoms with Crippen LogP contribution < -0.4 is 10.1 Å². The predicted molar refractivity (Wildman–Crippen MR) is 115 cm³/mol. The van der Waals surface area contributed by atoms with E-state index in [2.05, 4.69) is 15.5 Å². The molecule has 6 nitrogen and oxygen atoms in total. The molecule has 0 fully saturated rings. The van der Waals surface area contributed by atoms with Crippen molar-refractivity contribution in [2.24, 2.45) is 0 Å². The second kappa shape index (κ2) is 7.91. The van der Waals surface area contributed by atoms with Gasteiger partial charge in [0.1, 0.15) is 16.8 Å². The number of halogens is 3. The molecule has 146 valence electrons. The molecule has 0 saturated carbocycles. The van der Waals surface area contributed by atoms with Crippen molar-refractivity contribution in [3.05, 3.63) is 75.2 Å². The number of fused-ring (bicyclic) bond motifs is 1. The number of nitrogens with one attached hydrogen (secondary N) is 1. The molecule has 0 unspecified atom stereocenters. The lowest BCUT2D eigenvalue weighted by Crippen LogP contribution is -2.12. The lowest BCUT2D eigenvalue weighted by molar-refractivity contribution is 0.102. The summed E-state index contributed by atoms with van der Waals surface area (Å²) in [6.45, 7) is 0. The number of anilines is 1. The number of amides is 1. The molecule has 0 saturated heterocycles. The topological polar surface area (TPSA) is 69.0 Å². The normalized spacial score (nSPS) is 10.9. The van der Waals surface area contributed by atoms with E-state index in [1.165, 1.54) is 10.9 Å². The van der Waals surface area contributed by atoms with Crippen LogP contribution in [0.3, 0.4) is 0 Å². The minimum Gasteiger partial charge on any atom is -0.495 e. The number of ether oxygens (including phenoxy) is 1. The van der Waals surface area contributed by atoms with E-state index in [4.69, 9.17) is 39.5 Å². The first-order chi connectivity index (χ1) is 13.9. The Hall–Kier alpha value is -2.80. The molecule has 0 atom stereocenters. The highest BCUT2D eigenvalue weighted by atomic mass is 35.5. The molecule has 1 N–H and O–H groups in total. The van der Waals surface area contributed by atoms with Gasteiger partial charge in [-0.3, -0.25) is 4.79 Å². The van der Waals surface area contributed by atoms with Gasteiger partial charge in [-0.15, -0.1) is 10.2 Å². The summed E-state index contributed by atoms with van der Waals surface area (Å²) in [4.78, 5) is 14.0. The summed E-state index contributed by atoms with van der Waals surface area (Å²) in [5.74, 6) is 0.221. The highest BCUT2D eigenvalue weighted by Crippen LogP contribution is 2.27. The molecule has 1 heterocycles. The maximum absolute atomic E-state index is 12.5. The van der Waals surface area contributed by atoms with E-state index in [9.17, 15) is 4.79 Å². The fraction of sp³-hybridized carbons (Fsp3) is 0.0500. The maximum Gasteiger partial charge on any atom is 0.257 e. The van der Waals surface area contributed by atoms with Crippen LogP contribution in [0.4, 0.5) is 5.69 Å². The van der Waals surface area contributed by atoms with Gasteiger partial charge in [-0.2, -0.15) is 4.80 Å². The smallest absolute Gasteiger partial charge is 0.257 e. The predicted octanol–water partition coefficient (Wildman–Crippen LogP) is 5.64. The summed E-state index contributed by atoms with van der Waals surface area (Å²) in [6.07, 6.45) is 0. The quantitative estimate of drug-likeness (QED) is 0.439. The third kappa shape index (κ3) is 4.00. The van der Waals surface area contributed by atoms with E-state index in [0.717, 1.165) is 0 Å². The zero-order valence-corrected chi connectivity index (χ0v) is 17.3. The molecule has 9 heteroatoms. The SMILES string of the molecule is COc1ccc(-n2nc3ccc(NC(=O)c4ccc(Cl)cc4Cl)cc3n2)cc1Cl. The highest BCUT2D eigenvalue weighted by molar-refractivity contribution is 6.37. The lowest BCUT2D eigenvalue weighted by Gasteiger charge is -2.06. The Bertz CT molecular complexity index is 1240. The Balaban J connectivity index is 1.61. The van der Waals surface area contributed by atoms with Crippen LogP contribution in [0.2, 0.25) is 15.1 Å². The van der Waals surface area contributed by atoms with Gasteiger partial charge in [0.25, 0.3) is 5.91 Å². The first-order valence-corrected chi connectivity index (χ1v) is 9.55. The van der Waals surface area contributed by atoms with Gasteiger partial charge in [-0.1, -0.05) is 34.8 Å². The molecule has 0 aliphatic rings. The molecule has 29 heavy (non-hydrogen) atoms. The summed E-state index contributed by atoms with van der Waals surface area (Å²) in [5.41, 5.74) is 2.85. The lowest BCUT2D eigenvalue weighted by atomic mass is 10.2. The van der Waals surface area contributed by atoms with E-state index in [0.29, 0.717) is 43.8 Å². The molecule has 1 amide bonds. The van der Waals surface area contributed by atoms with Crippen LogP contribution in [0.5, 0.6) is 5.75 Å². The van der Waals surface area contributed by atoms with Gasteiger partial charge in [-0.25, -0.2) is 0 Å². The summed E-state index contributed by atoms with van der Waals surface area (Å²) in [6, 6.07) is 15.2. The standard InChI is InChI=1S/C20H13Cl3N4O2/c1-29-19-7-4-13(10-16(19)23)27-25-17-6-3-12(9-18(17)26-27)24-20(28)14-5-2-11(21)8-15(14)22/h2-10H,1H3,(H,24,28). The fourth-order valence-corrected chi connectivity index (χ4v) is 3.51. The van der Waals surface area contributed by atoms with Crippen molar-refractivity contribution in [1.82, 2.24) is 15.0 Å². The fourth-order valence-electron chi connectivity index (χ4n) is 2.76. The Morgan fingerprint density at radius 3 is 2.45 bits per heavy atom. The van der Waals surface area contributed by atoms with Crippen molar-refractivity contribution < 1.29 is 9.53 Å². The van der Waals surface area contributed by atoms with Gasteiger partial charge in [0.15, 0.2) is 0 Å². The van der Waals surface area contributed by atoms with Crippen molar-refractivity contribution >= 4 is 57.4 Å². The monoisotopic (exact) mass is 446 g/mol. The molecule has 0 aliphatic carbocycles. The number of carbonyl (C=O) groups excluding carboxylic acids is 1. The van der Waals surface area contributed by atoms with Crippen LogP contribution in [0.15, 0.2) is 54.6 Å². The summed E-state index contributed by atoms with van der Waals surface area (Å²) >= 11 is 18.2. The van der Waals surface area contributed by atoms with Crippen molar-refractivity contribution in [2.45, 2.75) is 0 Å². The third-order valence-corrected chi connectivity index (χ3v) is 5.02. The number of aromatic nitrogens is 3. The van der Waals surface area contributed by atoms with Crippen LogP contribution in [0, 0.1) is 0 Å². The number of nitrogens with zero attached hydrogens (tertiary/aromatic N) is 3. The third-order valence-electron chi connectivity index (χ3n) is 4.18. The number of hydrogen-bond acceptors (Lipinski definition) is 4. The van der Waals surface area contributed by atoms with Gasteiger partial charge in [0.05, 0.1) is 28.4 Å². The number of benzene rings is 3. The first kappa shape index (κ1) is 19.5. The molecule has 3 aromatic carbocycles. The molecule has 0 aliphatic heterocycles. The molecular formula is C20H13Cl3N4O2. The van der Waals surface area contributed by atoms with Crippen LogP contribution in [-0.4, -0.2) is 28.0 Å². The van der Waals surface area contributed by atoms with E-state index < -0.39 is 0 Å². The Labute approximate surface area is 180 Å². The van der Waals surface area contributed by atoms with Gasteiger partial charge in [-0.05, 0) is 54.6 Å². The van der Waals surface area contributed by atoms with Gasteiger partial charge in [0, 0.05) is 10.7 Å². The van der Waals surface area contributed by atoms with Crippen molar-refractivity contribution in [3.8, 4) is 11.4 Å². The van der Waals surface area contributed by atoms with Crippen LogP contribution in [0.1, 0.15) is 10.4 Å². The number of rotatable bonds is 4. The average molecular weight is 448 g/mol. The van der Waals surface area contributed by atoms with E-state index in [-0.39, 0.29) is 10.9 Å². The zero-order valence-electron chi connectivity index (χ0n) is 15.0. The van der Waals surface area contributed by atoms with Crippen LogP contribution in [0.25, 0.3) is 16.7 Å². The molecule has 0 bridgehead atoms. The summed E-state index contributed by atoms with van der Waals surface area (Å²) in [7, 11) is 1.55. The second-order valence-electron chi connectivity index (χ2n) is 6.09. The minimum absolute atomic E-state index is 0.276. The number of carbonyl (C=O) groups is 1. The second-order valence-corrected chi connectivity index (χ2v) is 7.34. The maximum atomic E-state index is 12.5. The Morgan fingerprint density at radius 1 is 0.931 bits per heavy atom. The number of methoxy groups -OCH3 is 1. The largest absolute Gasteiger partial charge is 0.495 e. The van der Waals surface area contributed by atoms with Crippen LogP contribution in [-0.2, 0) is 0 Å². The molecule has 4 aromatic rings. The number of hydrogen-bond donors (Lipinski definition) is 1. The van der Waals surface area contributed by atoms with Crippen molar-refractivity contribution in [1.29, 1.82) is 0 Å². The van der Waals surface area contributed by atoms with E-state index in [1.807, 2.05) is 0 Å². The summed E-state index contributed by atoms with van der Waals surface area (Å²) in [5, 5.41) is 12.9. The highest BCUT2D eigenvalue weighted by Gasteiger charge is 2.13. The van der Waals surface area contributed by atoms with Gasteiger partial charge in [0.2, 0.25) is 0 Å². The minimum atomic E-state index is -0.347.